The summed E-state index contributed by atoms with van der Waals surface area (Å²) in [5.74, 6) is 0.180. The zero-order chi connectivity index (χ0) is 16.5. The predicted molar refractivity (Wildman–Crippen MR) is 90.0 cm³/mol. The first-order valence-corrected chi connectivity index (χ1v) is 8.54. The van der Waals surface area contributed by atoms with E-state index in [1.54, 1.807) is 0 Å². The SMILES string of the molecule is CCOCc1ccccc1CNC(=O)NC1CCCCC1CO. The van der Waals surface area contributed by atoms with E-state index in [9.17, 15) is 9.90 Å². The molecule has 128 valence electrons. The number of amides is 2. The molecule has 2 unspecified atom stereocenters. The highest BCUT2D eigenvalue weighted by molar-refractivity contribution is 5.74. The van der Waals surface area contributed by atoms with Crippen molar-refractivity contribution < 1.29 is 14.6 Å². The third-order valence-electron chi connectivity index (χ3n) is 4.48. The van der Waals surface area contributed by atoms with Crippen molar-refractivity contribution in [2.45, 2.75) is 51.8 Å². The molecular formula is C18H28N2O3. The van der Waals surface area contributed by atoms with E-state index in [-0.39, 0.29) is 24.6 Å². The number of aliphatic hydroxyl groups is 1. The highest BCUT2D eigenvalue weighted by Crippen LogP contribution is 2.23. The van der Waals surface area contributed by atoms with E-state index in [4.69, 9.17) is 4.74 Å². The summed E-state index contributed by atoms with van der Waals surface area (Å²) in [7, 11) is 0. The van der Waals surface area contributed by atoms with Crippen molar-refractivity contribution >= 4 is 6.03 Å². The molecule has 2 amide bonds. The minimum atomic E-state index is -0.165. The molecule has 5 nitrogen and oxygen atoms in total. The lowest BCUT2D eigenvalue weighted by atomic mass is 9.85. The Morgan fingerprint density at radius 1 is 1.26 bits per heavy atom. The molecule has 2 rings (SSSR count). The molecule has 0 spiro atoms. The molecule has 1 fully saturated rings. The average Bonchev–Trinajstić information content (AvgIpc) is 2.59. The summed E-state index contributed by atoms with van der Waals surface area (Å²) in [5, 5.41) is 15.3. The summed E-state index contributed by atoms with van der Waals surface area (Å²) in [6, 6.07) is 7.88. The highest BCUT2D eigenvalue weighted by atomic mass is 16.5. The van der Waals surface area contributed by atoms with Gasteiger partial charge in [-0.2, -0.15) is 0 Å². The van der Waals surface area contributed by atoms with E-state index >= 15 is 0 Å². The number of rotatable bonds is 7. The summed E-state index contributed by atoms with van der Waals surface area (Å²) in [6.07, 6.45) is 4.17. The molecule has 1 aliphatic rings. The van der Waals surface area contributed by atoms with Gasteiger partial charge in [0.15, 0.2) is 0 Å². The molecule has 2 atom stereocenters. The standard InChI is InChI=1S/C18H28N2O3/c1-2-23-13-16-9-4-3-7-14(16)11-19-18(22)20-17-10-6-5-8-15(17)12-21/h3-4,7,9,15,17,21H,2,5-6,8,10-13H2,1H3,(H2,19,20,22). The summed E-state index contributed by atoms with van der Waals surface area (Å²) in [6.45, 7) is 3.82. The lowest BCUT2D eigenvalue weighted by Gasteiger charge is -2.30. The molecule has 5 heteroatoms. The minimum absolute atomic E-state index is 0.0763. The number of urea groups is 1. The van der Waals surface area contributed by atoms with Gasteiger partial charge in [-0.3, -0.25) is 0 Å². The maximum atomic E-state index is 12.1. The van der Waals surface area contributed by atoms with E-state index in [2.05, 4.69) is 10.6 Å². The van der Waals surface area contributed by atoms with Crippen LogP contribution >= 0.6 is 0 Å². The second-order valence-corrected chi connectivity index (χ2v) is 6.07. The summed E-state index contributed by atoms with van der Waals surface area (Å²) in [4.78, 5) is 12.1. The zero-order valence-electron chi connectivity index (χ0n) is 13.9. The van der Waals surface area contributed by atoms with Crippen molar-refractivity contribution in [3.05, 3.63) is 35.4 Å². The van der Waals surface area contributed by atoms with Gasteiger partial charge >= 0.3 is 6.03 Å². The zero-order valence-corrected chi connectivity index (χ0v) is 13.9. The lowest BCUT2D eigenvalue weighted by Crippen LogP contribution is -2.47. The molecule has 0 saturated heterocycles. The monoisotopic (exact) mass is 320 g/mol. The second kappa shape index (κ2) is 9.53. The third-order valence-corrected chi connectivity index (χ3v) is 4.48. The van der Waals surface area contributed by atoms with Crippen LogP contribution < -0.4 is 10.6 Å². The van der Waals surface area contributed by atoms with Crippen molar-refractivity contribution in [3.63, 3.8) is 0 Å². The summed E-state index contributed by atoms with van der Waals surface area (Å²) in [5.41, 5.74) is 2.17. The highest BCUT2D eigenvalue weighted by Gasteiger charge is 2.25. The van der Waals surface area contributed by atoms with E-state index in [0.717, 1.165) is 36.8 Å². The van der Waals surface area contributed by atoms with Gasteiger partial charge in [-0.15, -0.1) is 0 Å². The Bertz CT molecular complexity index is 493. The number of carbonyl (C=O) groups excluding carboxylic acids is 1. The first kappa shape index (κ1) is 17.8. The first-order chi connectivity index (χ1) is 11.2. The number of ether oxygens (including phenoxy) is 1. The number of hydrogen-bond acceptors (Lipinski definition) is 3. The van der Waals surface area contributed by atoms with Gasteiger partial charge in [-0.1, -0.05) is 37.1 Å². The Kier molecular flexibility index (Phi) is 7.36. The maximum Gasteiger partial charge on any atom is 0.315 e. The van der Waals surface area contributed by atoms with Crippen LogP contribution in [0.25, 0.3) is 0 Å². The van der Waals surface area contributed by atoms with Crippen molar-refractivity contribution in [2.24, 2.45) is 5.92 Å². The number of carbonyl (C=O) groups is 1. The Morgan fingerprint density at radius 2 is 2.00 bits per heavy atom. The second-order valence-electron chi connectivity index (χ2n) is 6.07. The van der Waals surface area contributed by atoms with Gasteiger partial charge in [0, 0.05) is 31.7 Å². The smallest absolute Gasteiger partial charge is 0.315 e. The third kappa shape index (κ3) is 5.52. The molecule has 1 aliphatic carbocycles. The Labute approximate surface area is 138 Å². The van der Waals surface area contributed by atoms with Crippen LogP contribution in [0.1, 0.15) is 43.7 Å². The predicted octanol–water partition coefficient (Wildman–Crippen LogP) is 2.57. The molecule has 0 bridgehead atoms. The molecule has 1 aromatic carbocycles. The van der Waals surface area contributed by atoms with Crippen LogP contribution in [0.4, 0.5) is 4.79 Å². The van der Waals surface area contributed by atoms with Crippen LogP contribution in [-0.2, 0) is 17.9 Å². The van der Waals surface area contributed by atoms with Gasteiger partial charge < -0.3 is 20.5 Å². The summed E-state index contributed by atoms with van der Waals surface area (Å²) < 4.78 is 5.46. The Hall–Kier alpha value is -1.59. The molecule has 1 saturated carbocycles. The maximum absolute atomic E-state index is 12.1. The van der Waals surface area contributed by atoms with Crippen LogP contribution in [0.2, 0.25) is 0 Å². The van der Waals surface area contributed by atoms with Crippen molar-refractivity contribution in [1.82, 2.24) is 10.6 Å². The topological polar surface area (TPSA) is 70.6 Å². The van der Waals surface area contributed by atoms with E-state index in [1.807, 2.05) is 31.2 Å². The average molecular weight is 320 g/mol. The summed E-state index contributed by atoms with van der Waals surface area (Å²) >= 11 is 0. The van der Waals surface area contributed by atoms with Crippen molar-refractivity contribution in [2.75, 3.05) is 13.2 Å². The number of nitrogens with one attached hydrogen (secondary N) is 2. The molecule has 1 aromatic rings. The van der Waals surface area contributed by atoms with Gasteiger partial charge in [-0.05, 0) is 30.9 Å². The molecular weight excluding hydrogens is 292 g/mol. The fourth-order valence-corrected chi connectivity index (χ4v) is 3.09. The van der Waals surface area contributed by atoms with Crippen LogP contribution in [0, 0.1) is 5.92 Å². The number of aliphatic hydroxyl groups excluding tert-OH is 1. The molecule has 0 aromatic heterocycles. The molecule has 0 heterocycles. The van der Waals surface area contributed by atoms with Gasteiger partial charge in [-0.25, -0.2) is 4.79 Å². The fraction of sp³-hybridized carbons (Fsp3) is 0.611. The van der Waals surface area contributed by atoms with Gasteiger partial charge in [0.25, 0.3) is 0 Å². The minimum Gasteiger partial charge on any atom is -0.396 e. The molecule has 3 N–H and O–H groups in total. The normalized spacial score (nSPS) is 21.0. The van der Waals surface area contributed by atoms with Crippen LogP contribution in [0.15, 0.2) is 24.3 Å². The van der Waals surface area contributed by atoms with Crippen LogP contribution in [-0.4, -0.2) is 30.4 Å². The Morgan fingerprint density at radius 3 is 2.74 bits per heavy atom. The first-order valence-electron chi connectivity index (χ1n) is 8.54. The van der Waals surface area contributed by atoms with E-state index in [1.165, 1.54) is 0 Å². The van der Waals surface area contributed by atoms with E-state index in [0.29, 0.717) is 19.8 Å². The van der Waals surface area contributed by atoms with Crippen LogP contribution in [0.5, 0.6) is 0 Å². The Balaban J connectivity index is 1.84. The quantitative estimate of drug-likeness (QED) is 0.723. The molecule has 0 aliphatic heterocycles. The van der Waals surface area contributed by atoms with Gasteiger partial charge in [0.05, 0.1) is 6.61 Å². The van der Waals surface area contributed by atoms with Crippen molar-refractivity contribution in [3.8, 4) is 0 Å². The fourth-order valence-electron chi connectivity index (χ4n) is 3.09. The largest absolute Gasteiger partial charge is 0.396 e. The van der Waals surface area contributed by atoms with Gasteiger partial charge in [0.1, 0.15) is 0 Å². The van der Waals surface area contributed by atoms with Gasteiger partial charge in [0.2, 0.25) is 0 Å². The molecule has 23 heavy (non-hydrogen) atoms. The van der Waals surface area contributed by atoms with Crippen molar-refractivity contribution in [1.29, 1.82) is 0 Å². The van der Waals surface area contributed by atoms with Crippen LogP contribution in [0.3, 0.4) is 0 Å². The number of hydrogen-bond donors (Lipinski definition) is 3. The molecule has 0 radical (unpaired) electrons. The number of benzene rings is 1. The lowest BCUT2D eigenvalue weighted by molar-refractivity contribution is 0.133. The van der Waals surface area contributed by atoms with E-state index < -0.39 is 0 Å².